The minimum Gasteiger partial charge on any atom is -0.306 e. The number of rotatable bonds is 3. The van der Waals surface area contributed by atoms with Crippen molar-refractivity contribution in [2.45, 2.75) is 12.2 Å². The van der Waals surface area contributed by atoms with Gasteiger partial charge in [-0.3, -0.25) is 4.68 Å². The average molecular weight is 434 g/mol. The Balaban J connectivity index is 1.56. The van der Waals surface area contributed by atoms with E-state index in [1.54, 1.807) is 10.9 Å². The number of hydrogen-bond acceptors (Lipinski definition) is 3. The second kappa shape index (κ2) is 7.83. The summed E-state index contributed by atoms with van der Waals surface area (Å²) in [7, 11) is 0. The quantitative estimate of drug-likeness (QED) is 0.628. The molecule has 0 saturated heterocycles. The van der Waals surface area contributed by atoms with Gasteiger partial charge in [-0.05, 0) is 24.3 Å². The van der Waals surface area contributed by atoms with Gasteiger partial charge in [-0.2, -0.15) is 23.4 Å². The number of alkyl halides is 3. The first-order valence-corrected chi connectivity index (χ1v) is 9.28. The molecule has 2 amide bonds. The van der Waals surface area contributed by atoms with Crippen molar-refractivity contribution in [2.75, 3.05) is 11.9 Å². The van der Waals surface area contributed by atoms with Crippen molar-refractivity contribution >= 4 is 29.0 Å². The van der Waals surface area contributed by atoms with Crippen molar-refractivity contribution in [3.05, 3.63) is 83.1 Å². The molecule has 6 nitrogen and oxygen atoms in total. The molecule has 1 aliphatic rings. The van der Waals surface area contributed by atoms with Crippen LogP contribution in [0.5, 0.6) is 0 Å². The van der Waals surface area contributed by atoms with Crippen LogP contribution in [-0.2, 0) is 6.18 Å². The van der Waals surface area contributed by atoms with Crippen molar-refractivity contribution in [3.63, 3.8) is 0 Å². The number of urea groups is 1. The fraction of sp³-hybridized carbons (Fsp3) is 0.150. The molecule has 0 aliphatic carbocycles. The molecule has 0 spiro atoms. The molecule has 1 atom stereocenters. The van der Waals surface area contributed by atoms with Gasteiger partial charge < -0.3 is 5.32 Å². The number of hydrogen-bond donors (Lipinski definition) is 1. The Kier molecular flexibility index (Phi) is 5.21. The summed E-state index contributed by atoms with van der Waals surface area (Å²) in [6, 6.07) is 12.6. The number of aromatic nitrogens is 2. The van der Waals surface area contributed by atoms with Crippen LogP contribution in [-0.4, -0.2) is 33.1 Å². The van der Waals surface area contributed by atoms with E-state index in [-0.39, 0.29) is 18.3 Å². The largest absolute Gasteiger partial charge is 0.416 e. The molecule has 0 saturated carbocycles. The summed E-state index contributed by atoms with van der Waals surface area (Å²) in [6.07, 6.45) is -1.30. The van der Waals surface area contributed by atoms with Crippen LogP contribution in [0.1, 0.15) is 17.2 Å². The minimum atomic E-state index is -4.44. The van der Waals surface area contributed by atoms with E-state index in [2.05, 4.69) is 15.5 Å². The molecule has 1 aromatic heterocycles. The lowest BCUT2D eigenvalue weighted by Crippen LogP contribution is -2.31. The van der Waals surface area contributed by atoms with Gasteiger partial charge in [-0.1, -0.05) is 41.9 Å². The van der Waals surface area contributed by atoms with Crippen molar-refractivity contribution in [1.29, 1.82) is 0 Å². The van der Waals surface area contributed by atoms with Gasteiger partial charge in [-0.25, -0.2) is 9.80 Å². The molecule has 0 fully saturated rings. The van der Waals surface area contributed by atoms with Gasteiger partial charge in [0.05, 0.1) is 29.0 Å². The van der Waals surface area contributed by atoms with Crippen LogP contribution in [0.2, 0.25) is 5.02 Å². The molecule has 4 rings (SSSR count). The zero-order chi connectivity index (χ0) is 21.3. The highest BCUT2D eigenvalue weighted by Gasteiger charge is 2.33. The Labute approximate surface area is 174 Å². The van der Waals surface area contributed by atoms with Gasteiger partial charge in [0, 0.05) is 17.4 Å². The average Bonchev–Trinajstić information content (AvgIpc) is 3.35. The molecule has 3 aromatic rings. The third-order valence-corrected chi connectivity index (χ3v) is 4.74. The van der Waals surface area contributed by atoms with Gasteiger partial charge in [0.25, 0.3) is 0 Å². The van der Waals surface area contributed by atoms with Crippen LogP contribution in [0.25, 0.3) is 0 Å². The van der Waals surface area contributed by atoms with E-state index in [1.807, 2.05) is 30.3 Å². The standard InChI is InChI=1S/C20H15ClF3N5O/c21-15-10-25-28(11-15)17-12-29(27-18(17)13-4-2-1-3-5-13)19(30)26-16-8-6-14(7-9-16)20(22,23)24/h1-11,17H,12H2,(H,26,30). The van der Waals surface area contributed by atoms with Gasteiger partial charge in [-0.15, -0.1) is 0 Å². The lowest BCUT2D eigenvalue weighted by molar-refractivity contribution is -0.137. The lowest BCUT2D eigenvalue weighted by Gasteiger charge is -2.16. The fourth-order valence-electron chi connectivity index (χ4n) is 3.10. The van der Waals surface area contributed by atoms with Crippen LogP contribution in [0.15, 0.2) is 72.1 Å². The first kappa shape index (κ1) is 20.0. The van der Waals surface area contributed by atoms with Crippen molar-refractivity contribution in [1.82, 2.24) is 14.8 Å². The van der Waals surface area contributed by atoms with E-state index in [0.29, 0.717) is 10.7 Å². The highest BCUT2D eigenvalue weighted by molar-refractivity contribution is 6.30. The summed E-state index contributed by atoms with van der Waals surface area (Å²) in [5.41, 5.74) is 0.883. The van der Waals surface area contributed by atoms with E-state index >= 15 is 0 Å². The number of carbonyl (C=O) groups excluding carboxylic acids is 1. The summed E-state index contributed by atoms with van der Waals surface area (Å²) < 4.78 is 39.7. The van der Waals surface area contributed by atoms with Gasteiger partial charge >= 0.3 is 12.2 Å². The molecule has 0 radical (unpaired) electrons. The molecule has 2 aromatic carbocycles. The Hall–Kier alpha value is -3.33. The third kappa shape index (κ3) is 4.16. The van der Waals surface area contributed by atoms with Crippen molar-refractivity contribution in [3.8, 4) is 0 Å². The van der Waals surface area contributed by atoms with Crippen molar-refractivity contribution in [2.24, 2.45) is 5.10 Å². The van der Waals surface area contributed by atoms with E-state index < -0.39 is 17.8 Å². The maximum atomic E-state index is 12.7. The lowest BCUT2D eigenvalue weighted by atomic mass is 10.0. The molecule has 0 bridgehead atoms. The van der Waals surface area contributed by atoms with E-state index in [9.17, 15) is 18.0 Å². The van der Waals surface area contributed by atoms with Crippen molar-refractivity contribution < 1.29 is 18.0 Å². The number of carbonyl (C=O) groups is 1. The molecular weight excluding hydrogens is 419 g/mol. The zero-order valence-corrected chi connectivity index (χ0v) is 16.1. The summed E-state index contributed by atoms with van der Waals surface area (Å²) in [6.45, 7) is 0.189. The Morgan fingerprint density at radius 2 is 1.80 bits per heavy atom. The molecular formula is C20H15ClF3N5O. The first-order chi connectivity index (χ1) is 14.3. The van der Waals surface area contributed by atoms with Crippen LogP contribution < -0.4 is 5.32 Å². The van der Waals surface area contributed by atoms with Crippen LogP contribution in [0, 0.1) is 0 Å². The minimum absolute atomic E-state index is 0.189. The summed E-state index contributed by atoms with van der Waals surface area (Å²) in [5, 5.41) is 12.9. The van der Waals surface area contributed by atoms with E-state index in [1.165, 1.54) is 23.3 Å². The molecule has 1 unspecified atom stereocenters. The van der Waals surface area contributed by atoms with Gasteiger partial charge in [0.1, 0.15) is 6.04 Å². The predicted molar refractivity (Wildman–Crippen MR) is 106 cm³/mol. The maximum absolute atomic E-state index is 12.7. The SMILES string of the molecule is O=C(Nc1ccc(C(F)(F)F)cc1)N1CC(n2cc(Cl)cn2)C(c2ccccc2)=N1. The normalized spacial score (nSPS) is 16.5. The molecule has 10 heteroatoms. The highest BCUT2D eigenvalue weighted by atomic mass is 35.5. The second-order valence-corrected chi connectivity index (χ2v) is 7.03. The number of nitrogens with one attached hydrogen (secondary N) is 1. The van der Waals surface area contributed by atoms with E-state index in [4.69, 9.17) is 11.6 Å². The molecule has 30 heavy (non-hydrogen) atoms. The third-order valence-electron chi connectivity index (χ3n) is 4.55. The smallest absolute Gasteiger partial charge is 0.306 e. The number of anilines is 1. The fourth-order valence-corrected chi connectivity index (χ4v) is 3.24. The molecule has 1 aliphatic heterocycles. The van der Waals surface area contributed by atoms with Crippen LogP contribution in [0.3, 0.4) is 0 Å². The zero-order valence-electron chi connectivity index (χ0n) is 15.3. The number of nitrogens with zero attached hydrogens (tertiary/aromatic N) is 4. The monoisotopic (exact) mass is 433 g/mol. The number of benzene rings is 2. The van der Waals surface area contributed by atoms with Gasteiger partial charge in [0.2, 0.25) is 0 Å². The summed E-state index contributed by atoms with van der Waals surface area (Å²) >= 11 is 5.99. The number of hydrazone groups is 1. The second-order valence-electron chi connectivity index (χ2n) is 6.59. The Morgan fingerprint density at radius 1 is 1.10 bits per heavy atom. The number of halogens is 4. The maximum Gasteiger partial charge on any atom is 0.416 e. The Morgan fingerprint density at radius 3 is 2.40 bits per heavy atom. The highest BCUT2D eigenvalue weighted by Crippen LogP contribution is 2.30. The molecule has 1 N–H and O–H groups in total. The van der Waals surface area contributed by atoms with Crippen LogP contribution >= 0.6 is 11.6 Å². The topological polar surface area (TPSA) is 62.5 Å². The summed E-state index contributed by atoms with van der Waals surface area (Å²) in [4.78, 5) is 12.7. The van der Waals surface area contributed by atoms with E-state index in [0.717, 1.165) is 17.7 Å². The first-order valence-electron chi connectivity index (χ1n) is 8.90. The molecule has 154 valence electrons. The number of amides is 2. The van der Waals surface area contributed by atoms with Gasteiger partial charge in [0.15, 0.2) is 0 Å². The van der Waals surface area contributed by atoms with Crippen LogP contribution in [0.4, 0.5) is 23.7 Å². The predicted octanol–water partition coefficient (Wildman–Crippen LogP) is 5.05. The molecule has 2 heterocycles. The summed E-state index contributed by atoms with van der Waals surface area (Å²) in [5.74, 6) is 0. The Bertz CT molecular complexity index is 1080.